The van der Waals surface area contributed by atoms with Gasteiger partial charge in [-0.05, 0) is 37.5 Å². The second-order valence-corrected chi connectivity index (χ2v) is 6.25. The molecule has 0 heterocycles. The van der Waals surface area contributed by atoms with Crippen LogP contribution >= 0.6 is 0 Å². The number of rotatable bonds is 6. The van der Waals surface area contributed by atoms with Gasteiger partial charge in [0, 0.05) is 11.7 Å². The molecule has 0 amide bonds. The van der Waals surface area contributed by atoms with Crippen molar-refractivity contribution in [3.63, 3.8) is 0 Å². The van der Waals surface area contributed by atoms with E-state index in [2.05, 4.69) is 4.72 Å². The van der Waals surface area contributed by atoms with Gasteiger partial charge in [0.2, 0.25) is 10.0 Å². The predicted octanol–water partition coefficient (Wildman–Crippen LogP) is 2.43. The first-order valence-corrected chi connectivity index (χ1v) is 7.77. The van der Waals surface area contributed by atoms with Crippen molar-refractivity contribution in [2.45, 2.75) is 51.0 Å². The van der Waals surface area contributed by atoms with E-state index in [1.165, 1.54) is 6.07 Å². The largest absolute Gasteiger partial charge is 0.398 e. The van der Waals surface area contributed by atoms with E-state index in [4.69, 9.17) is 5.73 Å². The summed E-state index contributed by atoms with van der Waals surface area (Å²) in [6, 6.07) is 4.82. The van der Waals surface area contributed by atoms with Crippen molar-refractivity contribution in [3.8, 4) is 0 Å². The van der Waals surface area contributed by atoms with Crippen LogP contribution in [0.5, 0.6) is 0 Å². The van der Waals surface area contributed by atoms with Crippen LogP contribution in [-0.2, 0) is 10.0 Å². The first-order valence-electron chi connectivity index (χ1n) is 6.29. The van der Waals surface area contributed by atoms with Crippen LogP contribution < -0.4 is 10.5 Å². The minimum Gasteiger partial charge on any atom is -0.398 e. The SMILES string of the molecule is CCCC(CC)NS(=O)(=O)c1ccc(C)c(N)c1. The minimum atomic E-state index is -3.46. The van der Waals surface area contributed by atoms with Crippen molar-refractivity contribution in [3.05, 3.63) is 23.8 Å². The molecule has 0 aliphatic carbocycles. The molecule has 0 saturated heterocycles. The molecule has 4 nitrogen and oxygen atoms in total. The number of benzene rings is 1. The van der Waals surface area contributed by atoms with E-state index in [1.807, 2.05) is 20.8 Å². The highest BCUT2D eigenvalue weighted by Crippen LogP contribution is 2.18. The number of hydrogen-bond donors (Lipinski definition) is 2. The molecule has 0 fully saturated rings. The molecule has 3 N–H and O–H groups in total. The van der Waals surface area contributed by atoms with Crippen LogP contribution in [0.4, 0.5) is 5.69 Å². The Morgan fingerprint density at radius 1 is 1.33 bits per heavy atom. The van der Waals surface area contributed by atoms with E-state index in [0.29, 0.717) is 5.69 Å². The van der Waals surface area contributed by atoms with E-state index in [1.54, 1.807) is 12.1 Å². The summed E-state index contributed by atoms with van der Waals surface area (Å²) < 4.78 is 27.1. The summed E-state index contributed by atoms with van der Waals surface area (Å²) in [6.45, 7) is 5.87. The number of nitrogen functional groups attached to an aromatic ring is 1. The summed E-state index contributed by atoms with van der Waals surface area (Å²) >= 11 is 0. The van der Waals surface area contributed by atoms with Gasteiger partial charge in [-0.3, -0.25) is 0 Å². The fourth-order valence-corrected chi connectivity index (χ4v) is 3.16. The first kappa shape index (κ1) is 15.0. The zero-order valence-electron chi connectivity index (χ0n) is 11.2. The van der Waals surface area contributed by atoms with E-state index >= 15 is 0 Å². The Morgan fingerprint density at radius 2 is 2.00 bits per heavy atom. The Kier molecular flexibility index (Phi) is 5.16. The lowest BCUT2D eigenvalue weighted by Crippen LogP contribution is -2.34. The van der Waals surface area contributed by atoms with Crippen LogP contribution in [0.1, 0.15) is 38.7 Å². The highest BCUT2D eigenvalue weighted by molar-refractivity contribution is 7.89. The summed E-state index contributed by atoms with van der Waals surface area (Å²) in [5, 5.41) is 0. The highest BCUT2D eigenvalue weighted by atomic mass is 32.2. The third-order valence-corrected chi connectivity index (χ3v) is 4.53. The van der Waals surface area contributed by atoms with E-state index in [9.17, 15) is 8.42 Å². The summed E-state index contributed by atoms with van der Waals surface area (Å²) in [4.78, 5) is 0.236. The second-order valence-electron chi connectivity index (χ2n) is 4.53. The maximum atomic E-state index is 12.2. The Balaban J connectivity index is 2.95. The zero-order chi connectivity index (χ0) is 13.8. The molecule has 1 unspecified atom stereocenters. The first-order chi connectivity index (χ1) is 8.40. The molecule has 0 aliphatic heterocycles. The lowest BCUT2D eigenvalue weighted by atomic mass is 10.1. The number of nitrogens with one attached hydrogen (secondary N) is 1. The maximum absolute atomic E-state index is 12.2. The summed E-state index contributed by atoms with van der Waals surface area (Å²) in [5.41, 5.74) is 7.13. The Morgan fingerprint density at radius 3 is 2.50 bits per heavy atom. The van der Waals surface area contributed by atoms with Crippen molar-refractivity contribution in [2.24, 2.45) is 0 Å². The molecule has 102 valence electrons. The normalized spacial score (nSPS) is 13.5. The van der Waals surface area contributed by atoms with Crippen LogP contribution in [0.25, 0.3) is 0 Å². The molecule has 0 saturated carbocycles. The fourth-order valence-electron chi connectivity index (χ4n) is 1.77. The lowest BCUT2D eigenvalue weighted by Gasteiger charge is -2.16. The number of nitrogens with two attached hydrogens (primary N) is 1. The molecule has 0 aromatic heterocycles. The Labute approximate surface area is 110 Å². The van der Waals surface area contributed by atoms with Gasteiger partial charge >= 0.3 is 0 Å². The van der Waals surface area contributed by atoms with E-state index < -0.39 is 10.0 Å². The van der Waals surface area contributed by atoms with Crippen LogP contribution in [-0.4, -0.2) is 14.5 Å². The van der Waals surface area contributed by atoms with Crippen molar-refractivity contribution in [1.82, 2.24) is 4.72 Å². The molecular weight excluding hydrogens is 248 g/mol. The maximum Gasteiger partial charge on any atom is 0.240 e. The van der Waals surface area contributed by atoms with Crippen molar-refractivity contribution in [1.29, 1.82) is 0 Å². The molecule has 18 heavy (non-hydrogen) atoms. The smallest absolute Gasteiger partial charge is 0.240 e. The molecule has 0 bridgehead atoms. The van der Waals surface area contributed by atoms with Crippen LogP contribution in [0.2, 0.25) is 0 Å². The fraction of sp³-hybridized carbons (Fsp3) is 0.538. The quantitative estimate of drug-likeness (QED) is 0.780. The highest BCUT2D eigenvalue weighted by Gasteiger charge is 2.18. The third kappa shape index (κ3) is 3.71. The molecule has 5 heteroatoms. The van der Waals surface area contributed by atoms with Gasteiger partial charge in [0.15, 0.2) is 0 Å². The topological polar surface area (TPSA) is 72.2 Å². The molecule has 1 aromatic rings. The van der Waals surface area contributed by atoms with Gasteiger partial charge in [0.1, 0.15) is 0 Å². The monoisotopic (exact) mass is 270 g/mol. The van der Waals surface area contributed by atoms with Gasteiger partial charge in [0.25, 0.3) is 0 Å². The molecular formula is C13H22N2O2S. The molecule has 0 radical (unpaired) electrons. The summed E-state index contributed by atoms with van der Waals surface area (Å²) in [5.74, 6) is 0. The number of hydrogen-bond acceptors (Lipinski definition) is 3. The summed E-state index contributed by atoms with van der Waals surface area (Å²) in [6.07, 6.45) is 2.59. The number of aryl methyl sites for hydroxylation is 1. The van der Waals surface area contributed by atoms with Crippen molar-refractivity contribution < 1.29 is 8.42 Å². The second kappa shape index (κ2) is 6.20. The van der Waals surface area contributed by atoms with Gasteiger partial charge in [-0.25, -0.2) is 13.1 Å². The molecule has 1 atom stereocenters. The average Bonchev–Trinajstić information content (AvgIpc) is 2.31. The Hall–Kier alpha value is -1.07. The van der Waals surface area contributed by atoms with Crippen LogP contribution in [0.15, 0.2) is 23.1 Å². The molecule has 1 aromatic carbocycles. The van der Waals surface area contributed by atoms with Gasteiger partial charge < -0.3 is 5.73 Å². The zero-order valence-corrected chi connectivity index (χ0v) is 12.0. The van der Waals surface area contributed by atoms with E-state index in [-0.39, 0.29) is 10.9 Å². The average molecular weight is 270 g/mol. The summed E-state index contributed by atoms with van der Waals surface area (Å²) in [7, 11) is -3.46. The predicted molar refractivity (Wildman–Crippen MR) is 74.9 cm³/mol. The van der Waals surface area contributed by atoms with Crippen LogP contribution in [0, 0.1) is 6.92 Å². The van der Waals surface area contributed by atoms with Gasteiger partial charge in [-0.2, -0.15) is 0 Å². The molecule has 0 spiro atoms. The van der Waals surface area contributed by atoms with E-state index in [0.717, 1.165) is 24.8 Å². The minimum absolute atomic E-state index is 0.0115. The van der Waals surface area contributed by atoms with Crippen molar-refractivity contribution >= 4 is 15.7 Å². The van der Waals surface area contributed by atoms with Gasteiger partial charge in [-0.1, -0.05) is 26.3 Å². The Bertz CT molecular complexity index is 498. The van der Waals surface area contributed by atoms with Gasteiger partial charge in [-0.15, -0.1) is 0 Å². The number of anilines is 1. The molecule has 0 aliphatic rings. The van der Waals surface area contributed by atoms with Crippen molar-refractivity contribution in [2.75, 3.05) is 5.73 Å². The standard InChI is InChI=1S/C13H22N2O2S/c1-4-6-11(5-2)15-18(16,17)12-8-7-10(3)13(14)9-12/h7-9,11,15H,4-6,14H2,1-3H3. The van der Waals surface area contributed by atoms with Crippen LogP contribution in [0.3, 0.4) is 0 Å². The van der Waals surface area contributed by atoms with Gasteiger partial charge in [0.05, 0.1) is 4.90 Å². The molecule has 1 rings (SSSR count). The lowest BCUT2D eigenvalue weighted by molar-refractivity contribution is 0.512. The number of sulfonamides is 1. The third-order valence-electron chi connectivity index (χ3n) is 3.01.